The highest BCUT2D eigenvalue weighted by atomic mass is 16.4. The molecular formula is C12H12N2O4. The van der Waals surface area contributed by atoms with Crippen molar-refractivity contribution in [2.75, 3.05) is 5.32 Å². The van der Waals surface area contributed by atoms with E-state index in [1.807, 2.05) is 19.1 Å². The molecule has 1 heterocycles. The molecule has 0 spiro atoms. The van der Waals surface area contributed by atoms with Gasteiger partial charge in [-0.3, -0.25) is 4.79 Å². The number of urea groups is 1. The van der Waals surface area contributed by atoms with E-state index in [-0.39, 0.29) is 6.42 Å². The molecule has 6 nitrogen and oxygen atoms in total. The number of rotatable bonds is 2. The van der Waals surface area contributed by atoms with Gasteiger partial charge >= 0.3 is 12.0 Å². The Balaban J connectivity index is 2.11. The van der Waals surface area contributed by atoms with Gasteiger partial charge in [-0.05, 0) is 18.6 Å². The Hall–Kier alpha value is -2.37. The SMILES string of the molecule is Cc1ccccc1NC(=O)N1C(=O)C[C@@H]1C(=O)O. The van der Waals surface area contributed by atoms with Crippen LogP contribution in [0.1, 0.15) is 12.0 Å². The minimum atomic E-state index is -1.17. The maximum Gasteiger partial charge on any atom is 0.329 e. The zero-order valence-corrected chi connectivity index (χ0v) is 9.71. The summed E-state index contributed by atoms with van der Waals surface area (Å²) in [7, 11) is 0. The quantitative estimate of drug-likeness (QED) is 0.770. The third kappa shape index (κ3) is 2.04. The van der Waals surface area contributed by atoms with Gasteiger partial charge in [0.1, 0.15) is 6.04 Å². The third-order valence-electron chi connectivity index (χ3n) is 2.84. The molecule has 2 rings (SSSR count). The maximum atomic E-state index is 11.8. The first-order valence-electron chi connectivity index (χ1n) is 5.42. The maximum absolute atomic E-state index is 11.8. The number of likely N-dealkylation sites (tertiary alicyclic amines) is 1. The predicted octanol–water partition coefficient (Wildman–Crippen LogP) is 1.21. The Morgan fingerprint density at radius 2 is 2.06 bits per heavy atom. The molecule has 0 radical (unpaired) electrons. The lowest BCUT2D eigenvalue weighted by molar-refractivity contribution is -0.157. The Kier molecular flexibility index (Phi) is 3.01. The Labute approximate surface area is 103 Å². The lowest BCUT2D eigenvalue weighted by atomic mass is 10.0. The van der Waals surface area contributed by atoms with Gasteiger partial charge in [0, 0.05) is 5.69 Å². The fourth-order valence-electron chi connectivity index (χ4n) is 1.76. The number of aliphatic carboxylic acids is 1. The second kappa shape index (κ2) is 4.48. The number of carbonyl (C=O) groups is 3. The van der Waals surface area contributed by atoms with E-state index in [9.17, 15) is 14.4 Å². The first-order valence-corrected chi connectivity index (χ1v) is 5.42. The molecule has 18 heavy (non-hydrogen) atoms. The average molecular weight is 248 g/mol. The zero-order valence-electron chi connectivity index (χ0n) is 9.71. The normalized spacial score (nSPS) is 18.2. The van der Waals surface area contributed by atoms with E-state index < -0.39 is 23.9 Å². The first kappa shape index (κ1) is 12.1. The van der Waals surface area contributed by atoms with Crippen molar-refractivity contribution in [3.05, 3.63) is 29.8 Å². The van der Waals surface area contributed by atoms with Gasteiger partial charge in [-0.2, -0.15) is 0 Å². The summed E-state index contributed by atoms with van der Waals surface area (Å²) in [6.07, 6.45) is -0.128. The number of nitrogens with zero attached hydrogens (tertiary/aromatic N) is 1. The summed E-state index contributed by atoms with van der Waals surface area (Å²) in [5, 5.41) is 11.3. The topological polar surface area (TPSA) is 86.7 Å². The molecule has 1 aromatic carbocycles. The first-order chi connectivity index (χ1) is 8.50. The predicted molar refractivity (Wildman–Crippen MR) is 63.1 cm³/mol. The standard InChI is InChI=1S/C12H12N2O4/c1-7-4-2-3-5-8(7)13-12(18)14-9(11(16)17)6-10(14)15/h2-5,9H,6H2,1H3,(H,13,18)(H,16,17)/t9-/m1/s1. The van der Waals surface area contributed by atoms with Crippen LogP contribution in [-0.4, -0.2) is 34.0 Å². The molecule has 1 aliphatic heterocycles. The summed E-state index contributed by atoms with van der Waals surface area (Å²) in [6, 6.07) is 5.30. The largest absolute Gasteiger partial charge is 0.480 e. The van der Waals surface area contributed by atoms with Gasteiger partial charge in [-0.15, -0.1) is 0 Å². The molecule has 94 valence electrons. The van der Waals surface area contributed by atoms with Gasteiger partial charge < -0.3 is 10.4 Å². The smallest absolute Gasteiger partial charge is 0.329 e. The molecule has 1 aliphatic rings. The second-order valence-electron chi connectivity index (χ2n) is 4.07. The summed E-state index contributed by atoms with van der Waals surface area (Å²) in [6.45, 7) is 1.81. The number of anilines is 1. The summed E-state index contributed by atoms with van der Waals surface area (Å²) in [5.41, 5.74) is 1.40. The second-order valence-corrected chi connectivity index (χ2v) is 4.07. The van der Waals surface area contributed by atoms with Crippen LogP contribution in [0.4, 0.5) is 10.5 Å². The molecule has 1 aromatic rings. The van der Waals surface area contributed by atoms with E-state index in [1.54, 1.807) is 12.1 Å². The van der Waals surface area contributed by atoms with E-state index in [1.165, 1.54) is 0 Å². The number of amides is 3. The molecule has 1 atom stereocenters. The summed E-state index contributed by atoms with van der Waals surface area (Å²) < 4.78 is 0. The van der Waals surface area contributed by atoms with E-state index in [4.69, 9.17) is 5.11 Å². The number of hydrogen-bond donors (Lipinski definition) is 2. The van der Waals surface area contributed by atoms with Crippen LogP contribution in [0.15, 0.2) is 24.3 Å². The van der Waals surface area contributed by atoms with Crippen molar-refractivity contribution in [1.29, 1.82) is 0 Å². The highest BCUT2D eigenvalue weighted by Gasteiger charge is 2.45. The van der Waals surface area contributed by atoms with Gasteiger partial charge in [-0.25, -0.2) is 14.5 Å². The molecular weight excluding hydrogens is 236 g/mol. The number of carboxylic acid groups (broad SMARTS) is 1. The van der Waals surface area contributed by atoms with Crippen LogP contribution in [0.3, 0.4) is 0 Å². The minimum absolute atomic E-state index is 0.128. The van der Waals surface area contributed by atoms with E-state index in [2.05, 4.69) is 5.32 Å². The van der Waals surface area contributed by atoms with Gasteiger partial charge in [0.2, 0.25) is 5.91 Å². The van der Waals surface area contributed by atoms with Crippen LogP contribution in [-0.2, 0) is 9.59 Å². The number of para-hydroxylation sites is 1. The highest BCUT2D eigenvalue weighted by Crippen LogP contribution is 2.22. The van der Waals surface area contributed by atoms with E-state index in [0.29, 0.717) is 5.69 Å². The van der Waals surface area contributed by atoms with Crippen molar-refractivity contribution in [3.8, 4) is 0 Å². The van der Waals surface area contributed by atoms with Crippen molar-refractivity contribution in [2.24, 2.45) is 0 Å². The monoisotopic (exact) mass is 248 g/mol. The van der Waals surface area contributed by atoms with Crippen LogP contribution in [0.5, 0.6) is 0 Å². The number of imide groups is 1. The molecule has 0 bridgehead atoms. The molecule has 6 heteroatoms. The van der Waals surface area contributed by atoms with Crippen LogP contribution in [0.25, 0.3) is 0 Å². The van der Waals surface area contributed by atoms with Crippen LogP contribution < -0.4 is 5.32 Å². The minimum Gasteiger partial charge on any atom is -0.480 e. The Morgan fingerprint density at radius 1 is 1.39 bits per heavy atom. The lowest BCUT2D eigenvalue weighted by Crippen LogP contribution is -2.60. The molecule has 2 N–H and O–H groups in total. The van der Waals surface area contributed by atoms with Gasteiger partial charge in [-0.1, -0.05) is 18.2 Å². The van der Waals surface area contributed by atoms with E-state index >= 15 is 0 Å². The summed E-state index contributed by atoms with van der Waals surface area (Å²) in [4.78, 5) is 34.6. The van der Waals surface area contributed by atoms with Crippen molar-refractivity contribution in [3.63, 3.8) is 0 Å². The lowest BCUT2D eigenvalue weighted by Gasteiger charge is -2.35. The molecule has 1 saturated heterocycles. The summed E-state index contributed by atoms with van der Waals surface area (Å²) >= 11 is 0. The number of nitrogens with one attached hydrogen (secondary N) is 1. The number of carboxylic acids is 1. The molecule has 1 fully saturated rings. The van der Waals surface area contributed by atoms with Crippen molar-refractivity contribution in [2.45, 2.75) is 19.4 Å². The molecule has 0 saturated carbocycles. The Morgan fingerprint density at radius 3 is 2.61 bits per heavy atom. The average Bonchev–Trinajstić information content (AvgIpc) is 2.28. The number of aryl methyl sites for hydroxylation is 1. The number of β-lactam (4-membered cyclic amide) rings is 1. The van der Waals surface area contributed by atoms with Crippen molar-refractivity contribution < 1.29 is 19.5 Å². The summed E-state index contributed by atoms with van der Waals surface area (Å²) in [5.74, 6) is -1.65. The van der Waals surface area contributed by atoms with Crippen LogP contribution >= 0.6 is 0 Å². The molecule has 0 aromatic heterocycles. The number of hydrogen-bond acceptors (Lipinski definition) is 3. The number of benzene rings is 1. The molecule has 0 aliphatic carbocycles. The molecule has 3 amide bonds. The highest BCUT2D eigenvalue weighted by molar-refractivity contribution is 6.09. The fraction of sp³-hybridized carbons (Fsp3) is 0.250. The van der Waals surface area contributed by atoms with Crippen LogP contribution in [0.2, 0.25) is 0 Å². The van der Waals surface area contributed by atoms with Crippen LogP contribution in [0, 0.1) is 6.92 Å². The van der Waals surface area contributed by atoms with Gasteiger partial charge in [0.15, 0.2) is 0 Å². The zero-order chi connectivity index (χ0) is 13.3. The Bertz CT molecular complexity index is 527. The van der Waals surface area contributed by atoms with Crippen molar-refractivity contribution in [1.82, 2.24) is 4.90 Å². The fourth-order valence-corrected chi connectivity index (χ4v) is 1.76. The van der Waals surface area contributed by atoms with Gasteiger partial charge in [0.25, 0.3) is 0 Å². The molecule has 0 unspecified atom stereocenters. The number of carbonyl (C=O) groups excluding carboxylic acids is 2. The third-order valence-corrected chi connectivity index (χ3v) is 2.84. The van der Waals surface area contributed by atoms with Gasteiger partial charge in [0.05, 0.1) is 6.42 Å². The van der Waals surface area contributed by atoms with E-state index in [0.717, 1.165) is 10.5 Å². The van der Waals surface area contributed by atoms with Crippen molar-refractivity contribution >= 4 is 23.6 Å².